The van der Waals surface area contributed by atoms with E-state index >= 15 is 0 Å². The molecule has 0 unspecified atom stereocenters. The molecule has 4 rings (SSSR count). The van der Waals surface area contributed by atoms with Crippen LogP contribution in [0.25, 0.3) is 17.0 Å². The third kappa shape index (κ3) is 4.42. The Morgan fingerprint density at radius 3 is 2.41 bits per heavy atom. The lowest BCUT2D eigenvalue weighted by Crippen LogP contribution is -2.36. The van der Waals surface area contributed by atoms with Crippen molar-refractivity contribution >= 4 is 34.8 Å². The highest BCUT2D eigenvalue weighted by Gasteiger charge is 2.24. The third-order valence-corrected chi connectivity index (χ3v) is 5.99. The number of likely N-dealkylation sites (tertiary alicyclic amines) is 1. The maximum absolute atomic E-state index is 12.6. The minimum atomic E-state index is -0.439. The zero-order chi connectivity index (χ0) is 22.7. The number of ether oxygens (including phenoxy) is 1. The van der Waals surface area contributed by atoms with Crippen LogP contribution in [0.3, 0.4) is 0 Å². The van der Waals surface area contributed by atoms with Gasteiger partial charge in [-0.1, -0.05) is 12.1 Å². The van der Waals surface area contributed by atoms with Crippen LogP contribution < -0.4 is 5.73 Å². The molecule has 7 heteroatoms. The second-order valence-electron chi connectivity index (χ2n) is 7.92. The Labute approximate surface area is 185 Å². The summed E-state index contributed by atoms with van der Waals surface area (Å²) in [5, 5.41) is 1.02. The van der Waals surface area contributed by atoms with Crippen molar-refractivity contribution in [2.75, 3.05) is 20.2 Å². The minimum absolute atomic E-state index is 0.0320. The second-order valence-corrected chi connectivity index (χ2v) is 7.92. The molecule has 1 saturated heterocycles. The summed E-state index contributed by atoms with van der Waals surface area (Å²) in [6.07, 6.45) is 7.01. The van der Waals surface area contributed by atoms with Crippen LogP contribution >= 0.6 is 0 Å². The summed E-state index contributed by atoms with van der Waals surface area (Å²) in [6, 6.07) is 12.3. The maximum atomic E-state index is 12.6. The topological polar surface area (TPSA) is 105 Å². The van der Waals surface area contributed by atoms with Gasteiger partial charge in [0.1, 0.15) is 0 Å². The third-order valence-electron chi connectivity index (χ3n) is 5.99. The van der Waals surface area contributed by atoms with Crippen LogP contribution in [0.2, 0.25) is 0 Å². The molecule has 0 saturated carbocycles. The second kappa shape index (κ2) is 9.09. The van der Waals surface area contributed by atoms with Crippen LogP contribution in [0.5, 0.6) is 0 Å². The number of piperidine rings is 1. The lowest BCUT2D eigenvalue weighted by Gasteiger charge is -2.31. The number of carbonyl (C=O) groups excluding carboxylic acids is 3. The standard InChI is InChI=1S/C25H25N3O4/c1-32-25(31)18-5-2-16(3-6-18)4-9-23(29)28-12-10-17(11-13-28)21-15-27-22-8-7-19(24(26)30)14-20(21)22/h2-9,14-15,17,27H,10-13H2,1H3,(H2,26,30)/b9-4+. The summed E-state index contributed by atoms with van der Waals surface area (Å²) in [4.78, 5) is 40.8. The summed E-state index contributed by atoms with van der Waals surface area (Å²) in [7, 11) is 1.34. The molecule has 0 atom stereocenters. The molecule has 0 radical (unpaired) electrons. The van der Waals surface area contributed by atoms with Gasteiger partial charge in [0.25, 0.3) is 0 Å². The first-order chi connectivity index (χ1) is 15.5. The molecule has 7 nitrogen and oxygen atoms in total. The van der Waals surface area contributed by atoms with Gasteiger partial charge >= 0.3 is 5.97 Å². The fraction of sp³-hybridized carbons (Fsp3) is 0.240. The number of nitrogens with one attached hydrogen (secondary N) is 1. The van der Waals surface area contributed by atoms with E-state index in [9.17, 15) is 14.4 Å². The van der Waals surface area contributed by atoms with Gasteiger partial charge in [0, 0.05) is 41.8 Å². The average Bonchev–Trinajstić information content (AvgIpc) is 3.25. The van der Waals surface area contributed by atoms with Gasteiger partial charge in [-0.2, -0.15) is 0 Å². The number of methoxy groups -OCH3 is 1. The fourth-order valence-corrected chi connectivity index (χ4v) is 4.17. The van der Waals surface area contributed by atoms with Gasteiger partial charge in [-0.3, -0.25) is 9.59 Å². The van der Waals surface area contributed by atoms with Crippen LogP contribution in [0.1, 0.15) is 50.6 Å². The van der Waals surface area contributed by atoms with Crippen molar-refractivity contribution in [1.82, 2.24) is 9.88 Å². The molecule has 0 spiro atoms. The van der Waals surface area contributed by atoms with Crippen molar-refractivity contribution < 1.29 is 19.1 Å². The van der Waals surface area contributed by atoms with Gasteiger partial charge in [-0.25, -0.2) is 4.79 Å². The molecular weight excluding hydrogens is 406 g/mol. The van der Waals surface area contributed by atoms with E-state index in [0.29, 0.717) is 30.1 Å². The number of esters is 1. The summed E-state index contributed by atoms with van der Waals surface area (Å²) < 4.78 is 4.69. The molecule has 0 aliphatic carbocycles. The molecule has 2 aromatic carbocycles. The number of carbonyl (C=O) groups is 3. The lowest BCUT2D eigenvalue weighted by molar-refractivity contribution is -0.126. The van der Waals surface area contributed by atoms with Crippen LogP contribution in [-0.2, 0) is 9.53 Å². The number of primary amides is 1. The van der Waals surface area contributed by atoms with Gasteiger partial charge in [-0.05, 0) is 66.3 Å². The molecule has 164 valence electrons. The van der Waals surface area contributed by atoms with Crippen molar-refractivity contribution in [2.45, 2.75) is 18.8 Å². The predicted octanol–water partition coefficient (Wildman–Crippen LogP) is 3.47. The van der Waals surface area contributed by atoms with Crippen LogP contribution in [-0.4, -0.2) is 47.9 Å². The molecule has 2 amide bonds. The monoisotopic (exact) mass is 431 g/mol. The summed E-state index contributed by atoms with van der Waals surface area (Å²) in [5.41, 5.74) is 9.38. The van der Waals surface area contributed by atoms with E-state index in [0.717, 1.165) is 34.9 Å². The van der Waals surface area contributed by atoms with E-state index < -0.39 is 5.91 Å². The highest BCUT2D eigenvalue weighted by Crippen LogP contribution is 2.33. The molecular formula is C25H25N3O4. The van der Waals surface area contributed by atoms with E-state index in [2.05, 4.69) is 9.72 Å². The summed E-state index contributed by atoms with van der Waals surface area (Å²) in [5.74, 6) is -0.548. The zero-order valence-electron chi connectivity index (χ0n) is 17.8. The van der Waals surface area contributed by atoms with Crippen molar-refractivity contribution in [1.29, 1.82) is 0 Å². The molecule has 32 heavy (non-hydrogen) atoms. The Morgan fingerprint density at radius 1 is 1.06 bits per heavy atom. The number of nitrogens with zero attached hydrogens (tertiary/aromatic N) is 1. The van der Waals surface area contributed by atoms with Crippen molar-refractivity contribution in [3.05, 3.63) is 77.0 Å². The summed E-state index contributed by atoms with van der Waals surface area (Å²) >= 11 is 0. The number of aromatic amines is 1. The number of amides is 2. The number of nitrogens with two attached hydrogens (primary N) is 1. The van der Waals surface area contributed by atoms with Crippen molar-refractivity contribution in [3.8, 4) is 0 Å². The Hall–Kier alpha value is -3.87. The van der Waals surface area contributed by atoms with Gasteiger partial charge in [0.2, 0.25) is 11.8 Å². The first-order valence-electron chi connectivity index (χ1n) is 10.5. The normalized spacial score (nSPS) is 14.7. The summed E-state index contributed by atoms with van der Waals surface area (Å²) in [6.45, 7) is 1.33. The molecule has 3 N–H and O–H groups in total. The number of fused-ring (bicyclic) bond motifs is 1. The van der Waals surface area contributed by atoms with E-state index in [1.807, 2.05) is 23.2 Å². The Kier molecular flexibility index (Phi) is 6.07. The SMILES string of the molecule is COC(=O)c1ccc(/C=C/C(=O)N2CCC(c3c[nH]c4ccc(C(N)=O)cc34)CC2)cc1. The first kappa shape index (κ1) is 21.4. The Morgan fingerprint density at radius 2 is 1.75 bits per heavy atom. The van der Waals surface area contributed by atoms with E-state index in [1.54, 1.807) is 42.5 Å². The smallest absolute Gasteiger partial charge is 0.337 e. The van der Waals surface area contributed by atoms with Gasteiger partial charge in [-0.15, -0.1) is 0 Å². The minimum Gasteiger partial charge on any atom is -0.465 e. The Balaban J connectivity index is 1.38. The van der Waals surface area contributed by atoms with Gasteiger partial charge < -0.3 is 20.4 Å². The highest BCUT2D eigenvalue weighted by atomic mass is 16.5. The zero-order valence-corrected chi connectivity index (χ0v) is 17.8. The molecule has 3 aromatic rings. The largest absolute Gasteiger partial charge is 0.465 e. The molecule has 1 aliphatic heterocycles. The maximum Gasteiger partial charge on any atom is 0.337 e. The molecule has 0 bridgehead atoms. The first-order valence-corrected chi connectivity index (χ1v) is 10.5. The lowest BCUT2D eigenvalue weighted by atomic mass is 9.89. The molecule has 1 fully saturated rings. The number of hydrogen-bond acceptors (Lipinski definition) is 4. The Bertz CT molecular complexity index is 1190. The van der Waals surface area contributed by atoms with Crippen LogP contribution in [0.15, 0.2) is 54.7 Å². The van der Waals surface area contributed by atoms with E-state index in [1.165, 1.54) is 7.11 Å². The number of aromatic nitrogens is 1. The van der Waals surface area contributed by atoms with Gasteiger partial charge in [0.15, 0.2) is 0 Å². The highest BCUT2D eigenvalue weighted by molar-refractivity contribution is 5.98. The van der Waals surface area contributed by atoms with E-state index in [4.69, 9.17) is 5.73 Å². The molecule has 2 heterocycles. The predicted molar refractivity (Wildman–Crippen MR) is 122 cm³/mol. The van der Waals surface area contributed by atoms with Gasteiger partial charge in [0.05, 0.1) is 12.7 Å². The molecule has 1 aliphatic rings. The number of benzene rings is 2. The molecule has 1 aromatic heterocycles. The average molecular weight is 431 g/mol. The van der Waals surface area contributed by atoms with Crippen molar-refractivity contribution in [2.24, 2.45) is 5.73 Å². The van der Waals surface area contributed by atoms with Crippen LogP contribution in [0.4, 0.5) is 0 Å². The quantitative estimate of drug-likeness (QED) is 0.477. The number of hydrogen-bond donors (Lipinski definition) is 2. The van der Waals surface area contributed by atoms with E-state index in [-0.39, 0.29) is 11.9 Å². The van der Waals surface area contributed by atoms with Crippen LogP contribution in [0, 0.1) is 0 Å². The number of H-pyrrole nitrogens is 1. The fourth-order valence-electron chi connectivity index (χ4n) is 4.17. The van der Waals surface area contributed by atoms with Crippen molar-refractivity contribution in [3.63, 3.8) is 0 Å². The number of rotatable bonds is 5.